The van der Waals surface area contributed by atoms with Crippen LogP contribution in [0.25, 0.3) is 0 Å². The molecule has 0 aliphatic rings. The summed E-state index contributed by atoms with van der Waals surface area (Å²) in [5, 5.41) is 0. The number of rotatable bonds is 9. The van der Waals surface area contributed by atoms with E-state index in [1.54, 1.807) is 27.7 Å². The van der Waals surface area contributed by atoms with Crippen molar-refractivity contribution < 1.29 is 19.1 Å². The van der Waals surface area contributed by atoms with E-state index in [-0.39, 0.29) is 24.8 Å². The topological polar surface area (TPSA) is 77.3 Å². The Kier molecular flexibility index (Phi) is 10.2. The molecular formula is C14H24N2O4. The molecule has 0 unspecified atom stereocenters. The summed E-state index contributed by atoms with van der Waals surface area (Å²) in [4.78, 5) is 30.8. The summed E-state index contributed by atoms with van der Waals surface area (Å²) >= 11 is 0. The van der Waals surface area contributed by atoms with Crippen LogP contribution in [0.4, 0.5) is 0 Å². The summed E-state index contributed by atoms with van der Waals surface area (Å²) in [6.45, 7) is 8.85. The van der Waals surface area contributed by atoms with Crippen LogP contribution in [0.5, 0.6) is 0 Å². The Morgan fingerprint density at radius 1 is 0.800 bits per heavy atom. The quantitative estimate of drug-likeness (QED) is 0.367. The lowest BCUT2D eigenvalue weighted by atomic mass is 10.3. The molecule has 114 valence electrons. The Morgan fingerprint density at radius 2 is 1.15 bits per heavy atom. The molecule has 0 radical (unpaired) electrons. The van der Waals surface area contributed by atoms with Crippen LogP contribution in [0.15, 0.2) is 9.98 Å². The maximum absolute atomic E-state index is 11.2. The third-order valence-corrected chi connectivity index (χ3v) is 2.27. The molecule has 0 spiro atoms. The van der Waals surface area contributed by atoms with Crippen molar-refractivity contribution in [1.29, 1.82) is 0 Å². The van der Waals surface area contributed by atoms with Gasteiger partial charge in [0.2, 0.25) is 0 Å². The van der Waals surface area contributed by atoms with E-state index in [4.69, 9.17) is 9.47 Å². The van der Waals surface area contributed by atoms with E-state index in [2.05, 4.69) is 9.98 Å². The Bertz CT molecular complexity index is 339. The molecule has 0 aromatic carbocycles. The first-order valence-electron chi connectivity index (χ1n) is 6.80. The number of carbonyl (C=O) groups excluding carboxylic acids is 2. The zero-order valence-electron chi connectivity index (χ0n) is 12.8. The van der Waals surface area contributed by atoms with Crippen molar-refractivity contribution in [3.8, 4) is 0 Å². The van der Waals surface area contributed by atoms with Gasteiger partial charge in [0.05, 0.1) is 39.1 Å². The number of hydrogen-bond acceptors (Lipinski definition) is 6. The standard InChI is InChI=1S/C14H24N2O4/c1-5-19-13(17)9-11(3)15-7-8-16-12(4)10-14(18)20-6-2/h5-10H2,1-4H3. The molecule has 0 atom stereocenters. The molecule has 0 rings (SSSR count). The summed E-state index contributed by atoms with van der Waals surface area (Å²) in [5.41, 5.74) is 1.45. The summed E-state index contributed by atoms with van der Waals surface area (Å²) in [7, 11) is 0. The molecule has 0 heterocycles. The fourth-order valence-electron chi connectivity index (χ4n) is 1.44. The molecule has 0 saturated carbocycles. The van der Waals surface area contributed by atoms with Crippen molar-refractivity contribution in [3.63, 3.8) is 0 Å². The van der Waals surface area contributed by atoms with Gasteiger partial charge in [0.25, 0.3) is 0 Å². The van der Waals surface area contributed by atoms with Gasteiger partial charge in [-0.15, -0.1) is 0 Å². The second-order valence-electron chi connectivity index (χ2n) is 4.20. The molecule has 0 bridgehead atoms. The largest absolute Gasteiger partial charge is 0.466 e. The Hall–Kier alpha value is -1.72. The molecule has 0 aromatic rings. The molecule has 0 N–H and O–H groups in total. The van der Waals surface area contributed by atoms with Crippen molar-refractivity contribution in [2.24, 2.45) is 9.98 Å². The van der Waals surface area contributed by atoms with Crippen molar-refractivity contribution >= 4 is 23.4 Å². The van der Waals surface area contributed by atoms with Crippen molar-refractivity contribution in [1.82, 2.24) is 0 Å². The first-order chi connectivity index (χ1) is 9.49. The maximum Gasteiger partial charge on any atom is 0.311 e. The first-order valence-corrected chi connectivity index (χ1v) is 6.80. The van der Waals surface area contributed by atoms with Gasteiger partial charge in [-0.2, -0.15) is 0 Å². The first kappa shape index (κ1) is 18.3. The molecule has 6 heteroatoms. The molecule has 0 aliphatic carbocycles. The summed E-state index contributed by atoms with van der Waals surface area (Å²) in [5.74, 6) is -0.536. The van der Waals surface area contributed by atoms with Gasteiger partial charge < -0.3 is 9.47 Å². The summed E-state index contributed by atoms with van der Waals surface area (Å²) in [6.07, 6.45) is 0.415. The highest BCUT2D eigenvalue weighted by molar-refractivity contribution is 5.98. The second-order valence-corrected chi connectivity index (χ2v) is 4.20. The Morgan fingerprint density at radius 3 is 1.45 bits per heavy atom. The third-order valence-electron chi connectivity index (χ3n) is 2.27. The minimum absolute atomic E-state index is 0.208. The number of aliphatic imine (C=N–C) groups is 2. The minimum atomic E-state index is -0.268. The fraction of sp³-hybridized carbons (Fsp3) is 0.714. The van der Waals surface area contributed by atoms with Gasteiger partial charge in [0, 0.05) is 11.4 Å². The molecule has 0 aromatic heterocycles. The predicted octanol–water partition coefficient (Wildman–Crippen LogP) is 1.81. The maximum atomic E-state index is 11.2. The van der Waals surface area contributed by atoms with E-state index in [0.717, 1.165) is 11.4 Å². The van der Waals surface area contributed by atoms with Gasteiger partial charge in [-0.1, -0.05) is 0 Å². The predicted molar refractivity (Wildman–Crippen MR) is 78.5 cm³/mol. The number of carbonyl (C=O) groups is 2. The Balaban J connectivity index is 3.98. The number of ether oxygens (including phenoxy) is 2. The van der Waals surface area contributed by atoms with E-state index in [1.807, 2.05) is 0 Å². The highest BCUT2D eigenvalue weighted by Crippen LogP contribution is 1.94. The molecule has 0 fully saturated rings. The van der Waals surface area contributed by atoms with E-state index in [1.165, 1.54) is 0 Å². The lowest BCUT2D eigenvalue weighted by Crippen LogP contribution is -2.10. The van der Waals surface area contributed by atoms with Gasteiger partial charge in [0.1, 0.15) is 0 Å². The fourth-order valence-corrected chi connectivity index (χ4v) is 1.44. The normalized spacial score (nSPS) is 12.2. The zero-order chi connectivity index (χ0) is 15.4. The van der Waals surface area contributed by atoms with Crippen LogP contribution in [0.1, 0.15) is 40.5 Å². The average Bonchev–Trinajstić information content (AvgIpc) is 2.35. The lowest BCUT2D eigenvalue weighted by Gasteiger charge is -2.02. The van der Waals surface area contributed by atoms with Crippen LogP contribution >= 0.6 is 0 Å². The van der Waals surface area contributed by atoms with Gasteiger partial charge in [0.15, 0.2) is 0 Å². The van der Waals surface area contributed by atoms with E-state index < -0.39 is 0 Å². The van der Waals surface area contributed by atoms with Gasteiger partial charge in [-0.25, -0.2) is 0 Å². The van der Waals surface area contributed by atoms with E-state index in [0.29, 0.717) is 26.3 Å². The monoisotopic (exact) mass is 284 g/mol. The number of esters is 2. The number of nitrogens with zero attached hydrogens (tertiary/aromatic N) is 2. The van der Waals surface area contributed by atoms with Crippen LogP contribution in [-0.4, -0.2) is 49.7 Å². The molecule has 0 aliphatic heterocycles. The smallest absolute Gasteiger partial charge is 0.311 e. The molecular weight excluding hydrogens is 260 g/mol. The second kappa shape index (κ2) is 11.1. The van der Waals surface area contributed by atoms with Crippen LogP contribution < -0.4 is 0 Å². The van der Waals surface area contributed by atoms with Crippen LogP contribution in [0.3, 0.4) is 0 Å². The molecule has 20 heavy (non-hydrogen) atoms. The summed E-state index contributed by atoms with van der Waals surface area (Å²) < 4.78 is 9.65. The van der Waals surface area contributed by atoms with E-state index in [9.17, 15) is 9.59 Å². The number of hydrogen-bond donors (Lipinski definition) is 0. The molecule has 0 amide bonds. The highest BCUT2D eigenvalue weighted by atomic mass is 16.5. The van der Waals surface area contributed by atoms with Crippen molar-refractivity contribution in [3.05, 3.63) is 0 Å². The van der Waals surface area contributed by atoms with Crippen LogP contribution in [0, 0.1) is 0 Å². The zero-order valence-corrected chi connectivity index (χ0v) is 12.8. The van der Waals surface area contributed by atoms with Crippen LogP contribution in [0.2, 0.25) is 0 Å². The third kappa shape index (κ3) is 10.2. The lowest BCUT2D eigenvalue weighted by molar-refractivity contribution is -0.142. The molecule has 0 saturated heterocycles. The van der Waals surface area contributed by atoms with Crippen molar-refractivity contribution in [2.45, 2.75) is 40.5 Å². The molecule has 6 nitrogen and oxygen atoms in total. The van der Waals surface area contributed by atoms with Crippen molar-refractivity contribution in [2.75, 3.05) is 26.3 Å². The van der Waals surface area contributed by atoms with E-state index >= 15 is 0 Å². The van der Waals surface area contributed by atoms with Gasteiger partial charge in [-0.05, 0) is 27.7 Å². The van der Waals surface area contributed by atoms with Gasteiger partial charge in [-0.3, -0.25) is 19.6 Å². The highest BCUT2D eigenvalue weighted by Gasteiger charge is 2.04. The average molecular weight is 284 g/mol. The Labute approximate surface area is 120 Å². The minimum Gasteiger partial charge on any atom is -0.466 e. The SMILES string of the molecule is CCOC(=O)CC(C)=NCCN=C(C)CC(=O)OCC. The van der Waals surface area contributed by atoms with Crippen LogP contribution in [-0.2, 0) is 19.1 Å². The summed E-state index contributed by atoms with van der Waals surface area (Å²) in [6, 6.07) is 0. The van der Waals surface area contributed by atoms with Gasteiger partial charge >= 0.3 is 11.9 Å².